The monoisotopic (exact) mass is 191 g/mol. The summed E-state index contributed by atoms with van der Waals surface area (Å²) in [6, 6.07) is 0.276. The van der Waals surface area contributed by atoms with Crippen molar-refractivity contribution in [1.82, 2.24) is 0 Å². The highest BCUT2D eigenvalue weighted by atomic mass is 35.5. The molecule has 0 bridgehead atoms. The van der Waals surface area contributed by atoms with Crippen LogP contribution in [-0.2, 0) is 4.79 Å². The summed E-state index contributed by atoms with van der Waals surface area (Å²) >= 11 is 6.72. The van der Waals surface area contributed by atoms with Crippen molar-refractivity contribution in [1.29, 1.82) is 0 Å². The normalized spacial score (nSPS) is 24.0. The molecule has 1 aliphatic rings. The molecule has 62 valence electrons. The fourth-order valence-corrected chi connectivity index (χ4v) is 2.16. The number of carbonyl (C=O) groups excluding carboxylic acids is 1. The van der Waals surface area contributed by atoms with E-state index in [0.717, 1.165) is 5.75 Å². The topological polar surface area (TPSA) is 29.4 Å². The first-order chi connectivity index (χ1) is 5.11. The van der Waals surface area contributed by atoms with Gasteiger partial charge in [-0.2, -0.15) is 0 Å². The van der Waals surface area contributed by atoms with Gasteiger partial charge in [0.1, 0.15) is 0 Å². The minimum atomic E-state index is -0.418. The zero-order chi connectivity index (χ0) is 8.43. The highest BCUT2D eigenvalue weighted by molar-refractivity contribution is 8.16. The molecule has 0 fully saturated rings. The summed E-state index contributed by atoms with van der Waals surface area (Å²) in [5.74, 6) is 1.39. The van der Waals surface area contributed by atoms with Crippen LogP contribution in [0.4, 0.5) is 0 Å². The second kappa shape index (κ2) is 3.59. The Labute approximate surface area is 75.4 Å². The molecule has 0 aromatic carbocycles. The molecule has 0 amide bonds. The molecule has 1 rings (SSSR count). The Balaban J connectivity index is 2.61. The highest BCUT2D eigenvalue weighted by Gasteiger charge is 2.23. The van der Waals surface area contributed by atoms with Gasteiger partial charge in [0.2, 0.25) is 0 Å². The number of thioether (sulfide) groups is 1. The highest BCUT2D eigenvalue weighted by Crippen LogP contribution is 2.24. The van der Waals surface area contributed by atoms with Gasteiger partial charge >= 0.3 is 0 Å². The van der Waals surface area contributed by atoms with Gasteiger partial charge in [0.25, 0.3) is 5.24 Å². The van der Waals surface area contributed by atoms with Crippen LogP contribution < -0.4 is 0 Å². The van der Waals surface area contributed by atoms with Gasteiger partial charge in [-0.05, 0) is 17.5 Å². The molecule has 11 heavy (non-hydrogen) atoms. The molecule has 0 radical (unpaired) electrons. The lowest BCUT2D eigenvalue weighted by Gasteiger charge is -2.07. The number of hydrogen-bond donors (Lipinski definition) is 0. The van der Waals surface area contributed by atoms with Crippen molar-refractivity contribution in [2.45, 2.75) is 19.9 Å². The van der Waals surface area contributed by atoms with E-state index in [2.05, 4.69) is 18.8 Å². The van der Waals surface area contributed by atoms with Crippen LogP contribution in [0, 0.1) is 5.92 Å². The van der Waals surface area contributed by atoms with Gasteiger partial charge < -0.3 is 0 Å². The van der Waals surface area contributed by atoms with Crippen LogP contribution in [0.1, 0.15) is 13.8 Å². The van der Waals surface area contributed by atoms with Crippen LogP contribution in [0.25, 0.3) is 0 Å². The Morgan fingerprint density at radius 2 is 2.45 bits per heavy atom. The first kappa shape index (κ1) is 9.07. The van der Waals surface area contributed by atoms with Crippen molar-refractivity contribution in [2.24, 2.45) is 10.9 Å². The van der Waals surface area contributed by atoms with Crippen molar-refractivity contribution >= 4 is 33.6 Å². The number of aliphatic imine (C=N–C) groups is 1. The number of hydrogen-bond acceptors (Lipinski definition) is 3. The van der Waals surface area contributed by atoms with Gasteiger partial charge in [-0.3, -0.25) is 9.79 Å². The van der Waals surface area contributed by atoms with E-state index in [1.165, 1.54) is 11.8 Å². The molecule has 0 aromatic heterocycles. The molecule has 0 aromatic rings. The first-order valence-corrected chi connectivity index (χ1v) is 4.88. The summed E-state index contributed by atoms with van der Waals surface area (Å²) in [4.78, 5) is 14.8. The summed E-state index contributed by atoms with van der Waals surface area (Å²) in [6.07, 6.45) is 0. The summed E-state index contributed by atoms with van der Waals surface area (Å²) in [5.41, 5.74) is 0. The first-order valence-electron chi connectivity index (χ1n) is 3.51. The summed E-state index contributed by atoms with van der Waals surface area (Å²) in [6.45, 7) is 4.19. The Morgan fingerprint density at radius 3 is 2.73 bits per heavy atom. The average Bonchev–Trinajstić information content (AvgIpc) is 2.33. The predicted molar refractivity (Wildman–Crippen MR) is 49.4 cm³/mol. The van der Waals surface area contributed by atoms with E-state index < -0.39 is 5.24 Å². The molecule has 2 nitrogen and oxygen atoms in total. The minimum Gasteiger partial charge on any atom is -0.273 e. The molecule has 1 heterocycles. The van der Waals surface area contributed by atoms with Crippen LogP contribution >= 0.6 is 23.4 Å². The van der Waals surface area contributed by atoms with Gasteiger partial charge in [-0.1, -0.05) is 25.6 Å². The number of rotatable bonds is 2. The standard InChI is InChI=1S/C7H10ClNOS/c1-4(2)5-3-11-7(9-5)6(8)10/h4-5H,3H2,1-2H3. The zero-order valence-corrected chi connectivity index (χ0v) is 8.08. The summed E-state index contributed by atoms with van der Waals surface area (Å²) < 4.78 is 0. The molecule has 0 saturated carbocycles. The maximum Gasteiger partial charge on any atom is 0.276 e. The minimum absolute atomic E-state index is 0.276. The maximum atomic E-state index is 10.6. The molecular formula is C7H10ClNOS. The number of halogens is 1. The largest absolute Gasteiger partial charge is 0.276 e. The van der Waals surface area contributed by atoms with Crippen LogP contribution in [0.5, 0.6) is 0 Å². The number of carbonyl (C=O) groups is 1. The maximum absolute atomic E-state index is 10.6. The van der Waals surface area contributed by atoms with Crippen molar-refractivity contribution in [3.8, 4) is 0 Å². The predicted octanol–water partition coefficient (Wildman–Crippen LogP) is 1.92. The third kappa shape index (κ3) is 2.20. The Bertz CT molecular complexity index is 203. The number of nitrogens with zero attached hydrogens (tertiary/aromatic N) is 1. The second-order valence-corrected chi connectivity index (χ2v) is 4.18. The van der Waals surface area contributed by atoms with E-state index in [1.54, 1.807) is 0 Å². The Hall–Kier alpha value is -0.0200. The van der Waals surface area contributed by atoms with Crippen LogP contribution in [0.3, 0.4) is 0 Å². The quantitative estimate of drug-likeness (QED) is 0.625. The Kier molecular flexibility index (Phi) is 2.96. The molecular weight excluding hydrogens is 182 g/mol. The van der Waals surface area contributed by atoms with Crippen molar-refractivity contribution < 1.29 is 4.79 Å². The molecule has 0 saturated heterocycles. The molecule has 4 heteroatoms. The van der Waals surface area contributed by atoms with Crippen molar-refractivity contribution in [3.63, 3.8) is 0 Å². The summed E-state index contributed by atoms with van der Waals surface area (Å²) in [7, 11) is 0. The lowest BCUT2D eigenvalue weighted by Crippen LogP contribution is -2.11. The molecule has 0 N–H and O–H groups in total. The lowest BCUT2D eigenvalue weighted by atomic mass is 10.1. The molecule has 1 aliphatic heterocycles. The van der Waals surface area contributed by atoms with E-state index >= 15 is 0 Å². The van der Waals surface area contributed by atoms with Gasteiger partial charge in [0.05, 0.1) is 6.04 Å². The zero-order valence-electron chi connectivity index (χ0n) is 6.50. The van der Waals surface area contributed by atoms with E-state index in [0.29, 0.717) is 11.0 Å². The van der Waals surface area contributed by atoms with Crippen molar-refractivity contribution in [3.05, 3.63) is 0 Å². The van der Waals surface area contributed by atoms with E-state index in [4.69, 9.17) is 11.6 Å². The van der Waals surface area contributed by atoms with Gasteiger partial charge in [0, 0.05) is 5.75 Å². The van der Waals surface area contributed by atoms with E-state index in [-0.39, 0.29) is 6.04 Å². The molecule has 1 unspecified atom stereocenters. The van der Waals surface area contributed by atoms with Gasteiger partial charge in [0.15, 0.2) is 5.04 Å². The Morgan fingerprint density at radius 1 is 1.82 bits per heavy atom. The van der Waals surface area contributed by atoms with E-state index in [1.807, 2.05) is 0 Å². The smallest absolute Gasteiger partial charge is 0.273 e. The fourth-order valence-electron chi connectivity index (χ4n) is 0.838. The third-order valence-electron chi connectivity index (χ3n) is 1.61. The SMILES string of the molecule is CC(C)C1CSC(C(=O)Cl)=N1. The lowest BCUT2D eigenvalue weighted by molar-refractivity contribution is -0.106. The average molecular weight is 192 g/mol. The molecule has 1 atom stereocenters. The third-order valence-corrected chi connectivity index (χ3v) is 2.98. The van der Waals surface area contributed by atoms with Gasteiger partial charge in [-0.15, -0.1) is 0 Å². The van der Waals surface area contributed by atoms with Crippen LogP contribution in [0.15, 0.2) is 4.99 Å². The fraction of sp³-hybridized carbons (Fsp3) is 0.714. The summed E-state index contributed by atoms with van der Waals surface area (Å²) in [5, 5.41) is 0.0588. The second-order valence-electron chi connectivity index (χ2n) is 2.83. The van der Waals surface area contributed by atoms with Crippen LogP contribution in [0.2, 0.25) is 0 Å². The van der Waals surface area contributed by atoms with E-state index in [9.17, 15) is 4.79 Å². The molecule has 0 aliphatic carbocycles. The van der Waals surface area contributed by atoms with Crippen molar-refractivity contribution in [2.75, 3.05) is 5.75 Å². The molecule has 0 spiro atoms. The van der Waals surface area contributed by atoms with Gasteiger partial charge in [-0.25, -0.2) is 0 Å². The van der Waals surface area contributed by atoms with Crippen LogP contribution in [-0.4, -0.2) is 22.1 Å².